The molecule has 9 heteroatoms. The van der Waals surface area contributed by atoms with Gasteiger partial charge in [0, 0.05) is 47.4 Å². The maximum atomic E-state index is 12.4. The molecule has 2 unspecified atom stereocenters. The summed E-state index contributed by atoms with van der Waals surface area (Å²) in [4.78, 5) is 29.8. The van der Waals surface area contributed by atoms with E-state index in [4.69, 9.17) is 9.72 Å². The zero-order valence-corrected chi connectivity index (χ0v) is 18.0. The van der Waals surface area contributed by atoms with E-state index in [2.05, 4.69) is 24.1 Å². The van der Waals surface area contributed by atoms with Crippen LogP contribution in [0.5, 0.6) is 0 Å². The number of non-ortho nitro benzene ring substituents is 1. The molecule has 1 aliphatic rings. The first-order valence-corrected chi connectivity index (χ1v) is 10.8. The van der Waals surface area contributed by atoms with Gasteiger partial charge >= 0.3 is 0 Å². The topological polar surface area (TPSA) is 97.6 Å². The summed E-state index contributed by atoms with van der Waals surface area (Å²) in [6, 6.07) is 13.0. The van der Waals surface area contributed by atoms with Gasteiger partial charge in [0.25, 0.3) is 11.6 Å². The predicted molar refractivity (Wildman–Crippen MR) is 121 cm³/mol. The lowest BCUT2D eigenvalue weighted by Gasteiger charge is -2.35. The molecule has 2 heterocycles. The Hall–Kier alpha value is -3.30. The molecule has 0 saturated carbocycles. The normalized spacial score (nSPS) is 18.6. The lowest BCUT2D eigenvalue weighted by Crippen LogP contribution is -2.45. The highest BCUT2D eigenvalue weighted by atomic mass is 32.1. The number of nitrogens with one attached hydrogen (secondary N) is 1. The third kappa shape index (κ3) is 4.89. The number of nitro groups is 1. The Kier molecular flexibility index (Phi) is 5.97. The van der Waals surface area contributed by atoms with Crippen LogP contribution in [0.25, 0.3) is 11.3 Å². The van der Waals surface area contributed by atoms with E-state index in [0.717, 1.165) is 29.5 Å². The Labute approximate surface area is 183 Å². The second-order valence-electron chi connectivity index (χ2n) is 7.52. The number of anilines is 2. The minimum atomic E-state index is -0.522. The number of aromatic nitrogens is 1. The third-order valence-electron chi connectivity index (χ3n) is 4.94. The number of carbonyl (C=O) groups is 1. The van der Waals surface area contributed by atoms with Gasteiger partial charge in [-0.2, -0.15) is 0 Å². The second-order valence-corrected chi connectivity index (χ2v) is 8.35. The van der Waals surface area contributed by atoms with Crippen LogP contribution in [-0.2, 0) is 4.74 Å². The smallest absolute Gasteiger partial charge is 0.270 e. The van der Waals surface area contributed by atoms with Crippen LogP contribution in [0.4, 0.5) is 16.5 Å². The molecule has 0 aliphatic carbocycles. The molecule has 0 radical (unpaired) electrons. The summed E-state index contributed by atoms with van der Waals surface area (Å²) in [5.74, 6) is -0.400. The summed E-state index contributed by atoms with van der Waals surface area (Å²) in [7, 11) is 0. The highest BCUT2D eigenvalue weighted by Gasteiger charge is 2.24. The third-order valence-corrected chi connectivity index (χ3v) is 5.84. The van der Waals surface area contributed by atoms with Crippen molar-refractivity contribution >= 4 is 33.8 Å². The van der Waals surface area contributed by atoms with Gasteiger partial charge in [-0.25, -0.2) is 4.98 Å². The van der Waals surface area contributed by atoms with E-state index in [1.54, 1.807) is 29.5 Å². The van der Waals surface area contributed by atoms with Crippen LogP contribution in [0.2, 0.25) is 0 Å². The number of ether oxygens (including phenoxy) is 1. The molecule has 3 aromatic rings. The van der Waals surface area contributed by atoms with E-state index >= 15 is 0 Å². The highest BCUT2D eigenvalue weighted by Crippen LogP contribution is 2.30. The van der Waals surface area contributed by atoms with Crippen LogP contribution in [0, 0.1) is 10.1 Å². The molecule has 1 amide bonds. The molecular weight excluding hydrogens is 416 g/mol. The van der Waals surface area contributed by atoms with Gasteiger partial charge in [-0.15, -0.1) is 11.3 Å². The molecule has 8 nitrogen and oxygen atoms in total. The minimum Gasteiger partial charge on any atom is -0.372 e. The fourth-order valence-electron chi connectivity index (χ4n) is 3.56. The first-order valence-electron chi connectivity index (χ1n) is 9.91. The number of carbonyl (C=O) groups excluding carboxylic acids is 1. The zero-order valence-electron chi connectivity index (χ0n) is 17.1. The quantitative estimate of drug-likeness (QED) is 0.462. The maximum absolute atomic E-state index is 12.4. The Bertz CT molecular complexity index is 1090. The summed E-state index contributed by atoms with van der Waals surface area (Å²) in [5, 5.41) is 16.7. The van der Waals surface area contributed by atoms with Crippen LogP contribution in [0.15, 0.2) is 53.9 Å². The van der Waals surface area contributed by atoms with Crippen molar-refractivity contribution in [2.45, 2.75) is 26.1 Å². The number of hydrogen-bond acceptors (Lipinski definition) is 7. The average molecular weight is 439 g/mol. The molecule has 1 aromatic heterocycles. The Morgan fingerprint density at radius 1 is 1.19 bits per heavy atom. The summed E-state index contributed by atoms with van der Waals surface area (Å²) in [6.07, 6.45) is 0.343. The number of rotatable bonds is 5. The standard InChI is InChI=1S/C22H22N4O4S/c1-14-11-25(12-15(2)30-14)22-24-20(13-31-22)16-6-8-18(9-7-16)23-21(27)17-4-3-5-19(10-17)26(28)29/h3-10,13-15H,11-12H2,1-2H3,(H,23,27). The lowest BCUT2D eigenvalue weighted by molar-refractivity contribution is -0.384. The van der Waals surface area contributed by atoms with Crippen molar-refractivity contribution in [2.75, 3.05) is 23.3 Å². The molecule has 1 N–H and O–H groups in total. The average Bonchev–Trinajstić information content (AvgIpc) is 3.24. The van der Waals surface area contributed by atoms with E-state index in [1.165, 1.54) is 18.2 Å². The highest BCUT2D eigenvalue weighted by molar-refractivity contribution is 7.14. The molecule has 160 valence electrons. The fraction of sp³-hybridized carbons (Fsp3) is 0.273. The zero-order chi connectivity index (χ0) is 22.0. The van der Waals surface area contributed by atoms with E-state index in [9.17, 15) is 14.9 Å². The Morgan fingerprint density at radius 2 is 1.90 bits per heavy atom. The number of amides is 1. The fourth-order valence-corrected chi connectivity index (χ4v) is 4.42. The number of morpholine rings is 1. The Morgan fingerprint density at radius 3 is 2.58 bits per heavy atom. The molecular formula is C22H22N4O4S. The summed E-state index contributed by atoms with van der Waals surface area (Å²) >= 11 is 1.61. The van der Waals surface area contributed by atoms with E-state index in [1.807, 2.05) is 17.5 Å². The number of hydrogen-bond donors (Lipinski definition) is 1. The monoisotopic (exact) mass is 438 g/mol. The minimum absolute atomic E-state index is 0.119. The predicted octanol–water partition coefficient (Wildman–Crippen LogP) is 4.58. The van der Waals surface area contributed by atoms with Gasteiger partial charge in [-0.1, -0.05) is 18.2 Å². The second kappa shape index (κ2) is 8.83. The molecule has 0 spiro atoms. The number of nitro benzene ring substituents is 1. The molecule has 31 heavy (non-hydrogen) atoms. The van der Waals surface area contributed by atoms with Crippen LogP contribution in [0.3, 0.4) is 0 Å². The van der Waals surface area contributed by atoms with Crippen LogP contribution >= 0.6 is 11.3 Å². The van der Waals surface area contributed by atoms with Gasteiger partial charge in [-0.3, -0.25) is 14.9 Å². The van der Waals surface area contributed by atoms with E-state index in [-0.39, 0.29) is 23.5 Å². The van der Waals surface area contributed by atoms with Crippen molar-refractivity contribution in [1.82, 2.24) is 4.98 Å². The number of thiazole rings is 1. The van der Waals surface area contributed by atoms with Gasteiger partial charge in [0.2, 0.25) is 0 Å². The lowest BCUT2D eigenvalue weighted by atomic mass is 10.1. The maximum Gasteiger partial charge on any atom is 0.270 e. The SMILES string of the molecule is CC1CN(c2nc(-c3ccc(NC(=O)c4cccc([N+](=O)[O-])c4)cc3)cs2)CC(C)O1. The van der Waals surface area contributed by atoms with Gasteiger partial charge in [0.1, 0.15) is 0 Å². The first-order chi connectivity index (χ1) is 14.9. The van der Waals surface area contributed by atoms with Crippen LogP contribution < -0.4 is 10.2 Å². The van der Waals surface area contributed by atoms with Crippen molar-refractivity contribution in [3.8, 4) is 11.3 Å². The molecule has 2 aromatic carbocycles. The van der Waals surface area contributed by atoms with Gasteiger partial charge in [-0.05, 0) is 32.0 Å². The molecule has 4 rings (SSSR count). The van der Waals surface area contributed by atoms with Crippen molar-refractivity contribution in [3.05, 3.63) is 69.6 Å². The van der Waals surface area contributed by atoms with E-state index < -0.39 is 10.8 Å². The van der Waals surface area contributed by atoms with Gasteiger partial charge < -0.3 is 15.0 Å². The van der Waals surface area contributed by atoms with Crippen molar-refractivity contribution in [3.63, 3.8) is 0 Å². The molecule has 1 saturated heterocycles. The van der Waals surface area contributed by atoms with Crippen molar-refractivity contribution in [2.24, 2.45) is 0 Å². The summed E-state index contributed by atoms with van der Waals surface area (Å²) in [5.41, 5.74) is 2.54. The van der Waals surface area contributed by atoms with Crippen LogP contribution in [-0.4, -0.2) is 41.1 Å². The molecule has 1 aliphatic heterocycles. The van der Waals surface area contributed by atoms with Gasteiger partial charge in [0.15, 0.2) is 5.13 Å². The van der Waals surface area contributed by atoms with E-state index in [0.29, 0.717) is 5.69 Å². The first kappa shape index (κ1) is 21.0. The molecule has 1 fully saturated rings. The van der Waals surface area contributed by atoms with Crippen molar-refractivity contribution in [1.29, 1.82) is 0 Å². The Balaban J connectivity index is 1.44. The van der Waals surface area contributed by atoms with Gasteiger partial charge in [0.05, 0.1) is 22.8 Å². The largest absolute Gasteiger partial charge is 0.372 e. The summed E-state index contributed by atoms with van der Waals surface area (Å²) in [6.45, 7) is 5.77. The molecule has 0 bridgehead atoms. The van der Waals surface area contributed by atoms with Crippen molar-refractivity contribution < 1.29 is 14.5 Å². The van der Waals surface area contributed by atoms with Crippen LogP contribution in [0.1, 0.15) is 24.2 Å². The number of nitrogens with zero attached hydrogens (tertiary/aromatic N) is 3. The molecule has 2 atom stereocenters. The summed E-state index contributed by atoms with van der Waals surface area (Å²) < 4.78 is 5.79. The number of benzene rings is 2.